The highest BCUT2D eigenvalue weighted by Crippen LogP contribution is 2.09. The Bertz CT molecular complexity index is 201. The molecule has 0 aliphatic carbocycles. The van der Waals surface area contributed by atoms with Gasteiger partial charge in [-0.3, -0.25) is 0 Å². The zero-order valence-electron chi connectivity index (χ0n) is 10.4. The highest BCUT2D eigenvalue weighted by atomic mass is 16.5. The molecule has 0 radical (unpaired) electrons. The van der Waals surface area contributed by atoms with E-state index in [2.05, 4.69) is 10.6 Å². The number of carbonyl (C=O) groups is 1. The van der Waals surface area contributed by atoms with Crippen molar-refractivity contribution in [2.45, 2.75) is 45.6 Å². The van der Waals surface area contributed by atoms with Gasteiger partial charge in [0.1, 0.15) is 0 Å². The number of rotatable bonds is 5. The summed E-state index contributed by atoms with van der Waals surface area (Å²) in [6.45, 7) is 6.36. The number of hydrogen-bond acceptors (Lipinski definition) is 3. The molecule has 1 atom stereocenters. The quantitative estimate of drug-likeness (QED) is 0.755. The van der Waals surface area contributed by atoms with Crippen LogP contribution in [-0.4, -0.2) is 31.8 Å². The van der Waals surface area contributed by atoms with E-state index < -0.39 is 0 Å². The Morgan fingerprint density at radius 3 is 2.94 bits per heavy atom. The Balaban J connectivity index is 1.99. The van der Waals surface area contributed by atoms with Crippen LogP contribution in [0.4, 0.5) is 4.79 Å². The van der Waals surface area contributed by atoms with E-state index in [1.165, 1.54) is 19.3 Å². The van der Waals surface area contributed by atoms with E-state index in [1.807, 2.05) is 13.8 Å². The molecule has 0 spiro atoms. The molecule has 4 nitrogen and oxygen atoms in total. The van der Waals surface area contributed by atoms with Gasteiger partial charge >= 0.3 is 6.09 Å². The molecule has 0 saturated carbocycles. The van der Waals surface area contributed by atoms with Crippen LogP contribution in [0.5, 0.6) is 0 Å². The largest absolute Gasteiger partial charge is 0.449 e. The summed E-state index contributed by atoms with van der Waals surface area (Å²) in [5.41, 5.74) is 0. The molecule has 1 rings (SSSR count). The fraction of sp³-hybridized carbons (Fsp3) is 0.917. The molecule has 4 heteroatoms. The van der Waals surface area contributed by atoms with Crippen LogP contribution in [0.3, 0.4) is 0 Å². The molecule has 94 valence electrons. The lowest BCUT2D eigenvalue weighted by Crippen LogP contribution is -2.37. The van der Waals surface area contributed by atoms with Crippen molar-refractivity contribution in [3.05, 3.63) is 0 Å². The standard InChI is InChI=1S/C12H24N2O2/c1-10(2)9-16-12(15)14-8-6-11-5-3-4-7-13-11/h10-11,13H,3-9H2,1-2H3,(H,14,15). The summed E-state index contributed by atoms with van der Waals surface area (Å²) in [6, 6.07) is 0.569. The van der Waals surface area contributed by atoms with Crippen LogP contribution in [0.1, 0.15) is 39.5 Å². The summed E-state index contributed by atoms with van der Waals surface area (Å²) in [5, 5.41) is 6.24. The van der Waals surface area contributed by atoms with E-state index in [9.17, 15) is 4.79 Å². The molecule has 1 heterocycles. The lowest BCUT2D eigenvalue weighted by molar-refractivity contribution is 0.132. The molecular formula is C12H24N2O2. The topological polar surface area (TPSA) is 50.4 Å². The van der Waals surface area contributed by atoms with Gasteiger partial charge in [0, 0.05) is 12.6 Å². The molecule has 2 N–H and O–H groups in total. The third-order valence-electron chi connectivity index (χ3n) is 2.72. The molecule has 0 bridgehead atoms. The second-order valence-electron chi connectivity index (χ2n) is 4.85. The van der Waals surface area contributed by atoms with Gasteiger partial charge in [-0.2, -0.15) is 0 Å². The van der Waals surface area contributed by atoms with E-state index in [4.69, 9.17) is 4.74 Å². The van der Waals surface area contributed by atoms with Gasteiger partial charge in [-0.15, -0.1) is 0 Å². The van der Waals surface area contributed by atoms with Crippen molar-refractivity contribution in [1.29, 1.82) is 0 Å². The first-order chi connectivity index (χ1) is 7.68. The minimum Gasteiger partial charge on any atom is -0.449 e. The Morgan fingerprint density at radius 1 is 1.50 bits per heavy atom. The Morgan fingerprint density at radius 2 is 2.31 bits per heavy atom. The van der Waals surface area contributed by atoms with Gasteiger partial charge in [0.25, 0.3) is 0 Å². The molecule has 16 heavy (non-hydrogen) atoms. The van der Waals surface area contributed by atoms with Crippen LogP contribution in [0.25, 0.3) is 0 Å². The Hall–Kier alpha value is -0.770. The molecule has 0 aromatic heterocycles. The maximum absolute atomic E-state index is 11.2. The van der Waals surface area contributed by atoms with Crippen LogP contribution in [0.2, 0.25) is 0 Å². The van der Waals surface area contributed by atoms with Crippen molar-refractivity contribution in [3.8, 4) is 0 Å². The molecular weight excluding hydrogens is 204 g/mol. The Kier molecular flexibility index (Phi) is 6.23. The van der Waals surface area contributed by atoms with Gasteiger partial charge in [0.2, 0.25) is 0 Å². The number of ether oxygens (including phenoxy) is 1. The molecule has 1 aliphatic heterocycles. The van der Waals surface area contributed by atoms with Crippen LogP contribution >= 0.6 is 0 Å². The molecule has 1 aliphatic rings. The van der Waals surface area contributed by atoms with Gasteiger partial charge in [0.15, 0.2) is 0 Å². The first-order valence-corrected chi connectivity index (χ1v) is 6.32. The van der Waals surface area contributed by atoms with Gasteiger partial charge in [0.05, 0.1) is 6.61 Å². The van der Waals surface area contributed by atoms with Crippen LogP contribution < -0.4 is 10.6 Å². The highest BCUT2D eigenvalue weighted by molar-refractivity contribution is 5.67. The summed E-state index contributed by atoms with van der Waals surface area (Å²) in [5.74, 6) is 0.394. The zero-order valence-corrected chi connectivity index (χ0v) is 10.4. The number of hydrogen-bond donors (Lipinski definition) is 2. The van der Waals surface area contributed by atoms with Gasteiger partial charge in [-0.05, 0) is 31.7 Å². The highest BCUT2D eigenvalue weighted by Gasteiger charge is 2.12. The zero-order chi connectivity index (χ0) is 11.8. The summed E-state index contributed by atoms with van der Waals surface area (Å²) < 4.78 is 5.02. The normalized spacial score (nSPS) is 20.8. The number of carbonyl (C=O) groups excluding carboxylic acids is 1. The van der Waals surface area contributed by atoms with Crippen molar-refractivity contribution >= 4 is 6.09 Å². The summed E-state index contributed by atoms with van der Waals surface area (Å²) in [4.78, 5) is 11.2. The molecule has 1 fully saturated rings. The second-order valence-corrected chi connectivity index (χ2v) is 4.85. The van der Waals surface area contributed by atoms with Crippen LogP contribution in [0, 0.1) is 5.92 Å². The van der Waals surface area contributed by atoms with E-state index in [-0.39, 0.29) is 6.09 Å². The van der Waals surface area contributed by atoms with Crippen LogP contribution in [0.15, 0.2) is 0 Å². The van der Waals surface area contributed by atoms with Gasteiger partial charge in [-0.25, -0.2) is 4.79 Å². The van der Waals surface area contributed by atoms with Crippen molar-refractivity contribution in [2.75, 3.05) is 19.7 Å². The molecule has 1 unspecified atom stereocenters. The van der Waals surface area contributed by atoms with Crippen molar-refractivity contribution in [3.63, 3.8) is 0 Å². The average Bonchev–Trinajstić information content (AvgIpc) is 2.28. The predicted octanol–water partition coefficient (Wildman–Crippen LogP) is 1.90. The van der Waals surface area contributed by atoms with Gasteiger partial charge < -0.3 is 15.4 Å². The van der Waals surface area contributed by atoms with Crippen LogP contribution in [-0.2, 0) is 4.74 Å². The molecule has 0 aromatic carbocycles. The fourth-order valence-corrected chi connectivity index (χ4v) is 1.81. The lowest BCUT2D eigenvalue weighted by atomic mass is 10.0. The smallest absolute Gasteiger partial charge is 0.407 e. The van der Waals surface area contributed by atoms with Crippen molar-refractivity contribution in [1.82, 2.24) is 10.6 Å². The van der Waals surface area contributed by atoms with Crippen molar-refractivity contribution < 1.29 is 9.53 Å². The summed E-state index contributed by atoms with van der Waals surface area (Å²) >= 11 is 0. The average molecular weight is 228 g/mol. The third-order valence-corrected chi connectivity index (χ3v) is 2.72. The van der Waals surface area contributed by atoms with E-state index in [0.29, 0.717) is 25.1 Å². The van der Waals surface area contributed by atoms with E-state index in [1.54, 1.807) is 0 Å². The number of amides is 1. The number of nitrogens with one attached hydrogen (secondary N) is 2. The van der Waals surface area contributed by atoms with Crippen molar-refractivity contribution in [2.24, 2.45) is 5.92 Å². The number of piperidine rings is 1. The monoisotopic (exact) mass is 228 g/mol. The maximum atomic E-state index is 11.2. The predicted molar refractivity (Wildman–Crippen MR) is 64.4 cm³/mol. The first kappa shape index (κ1) is 13.3. The second kappa shape index (κ2) is 7.49. The Labute approximate surface area is 98.1 Å². The minimum atomic E-state index is -0.287. The minimum absolute atomic E-state index is 0.287. The van der Waals surface area contributed by atoms with E-state index >= 15 is 0 Å². The molecule has 1 amide bonds. The molecule has 0 aromatic rings. The fourth-order valence-electron chi connectivity index (χ4n) is 1.81. The molecule has 1 saturated heterocycles. The van der Waals surface area contributed by atoms with Gasteiger partial charge in [-0.1, -0.05) is 20.3 Å². The lowest BCUT2D eigenvalue weighted by Gasteiger charge is -2.23. The SMILES string of the molecule is CC(C)COC(=O)NCCC1CCCCN1. The first-order valence-electron chi connectivity index (χ1n) is 6.32. The van der Waals surface area contributed by atoms with E-state index in [0.717, 1.165) is 13.0 Å². The maximum Gasteiger partial charge on any atom is 0.407 e. The summed E-state index contributed by atoms with van der Waals surface area (Å²) in [6.07, 6.45) is 4.51. The third kappa shape index (κ3) is 5.95. The number of alkyl carbamates (subject to hydrolysis) is 1. The summed E-state index contributed by atoms with van der Waals surface area (Å²) in [7, 11) is 0.